The number of nitriles is 1. The SMILES string of the molecule is N#Cc1ccccc1-c1ccc(CN2C(=O)NC(C3CC3)(C3CC3)C2=O)cc1. The Balaban J connectivity index is 1.37. The van der Waals surface area contributed by atoms with Gasteiger partial charge in [-0.2, -0.15) is 5.26 Å². The van der Waals surface area contributed by atoms with Crippen molar-refractivity contribution in [2.24, 2.45) is 11.8 Å². The number of carbonyl (C=O) groups is 2. The largest absolute Gasteiger partial charge is 0.325 e. The Labute approximate surface area is 164 Å². The summed E-state index contributed by atoms with van der Waals surface area (Å²) in [5.41, 5.74) is 2.73. The van der Waals surface area contributed by atoms with Crippen molar-refractivity contribution in [3.63, 3.8) is 0 Å². The van der Waals surface area contributed by atoms with Crippen molar-refractivity contribution < 1.29 is 9.59 Å². The second kappa shape index (κ2) is 6.20. The van der Waals surface area contributed by atoms with E-state index in [0.29, 0.717) is 17.4 Å². The second-order valence-electron chi connectivity index (χ2n) is 8.09. The summed E-state index contributed by atoms with van der Waals surface area (Å²) in [5, 5.41) is 12.4. The maximum Gasteiger partial charge on any atom is 0.325 e. The van der Waals surface area contributed by atoms with Gasteiger partial charge in [-0.3, -0.25) is 9.69 Å². The highest BCUT2D eigenvalue weighted by Crippen LogP contribution is 2.54. The average Bonchev–Trinajstić information content (AvgIpc) is 3.63. The molecule has 2 aromatic carbocycles. The highest BCUT2D eigenvalue weighted by molar-refractivity contribution is 6.07. The zero-order chi connectivity index (χ0) is 19.3. The fourth-order valence-electron chi connectivity index (χ4n) is 4.53. The van der Waals surface area contributed by atoms with Crippen molar-refractivity contribution >= 4 is 11.9 Å². The summed E-state index contributed by atoms with van der Waals surface area (Å²) in [5.74, 6) is 0.582. The number of rotatable bonds is 5. The maximum atomic E-state index is 13.2. The van der Waals surface area contributed by atoms with Crippen LogP contribution in [-0.4, -0.2) is 22.4 Å². The summed E-state index contributed by atoms with van der Waals surface area (Å²) in [6, 6.07) is 17.2. The molecule has 140 valence electrons. The number of benzene rings is 2. The molecule has 0 bridgehead atoms. The molecule has 5 heteroatoms. The number of carbonyl (C=O) groups excluding carboxylic acids is 2. The Bertz CT molecular complexity index is 985. The number of imide groups is 1. The fourth-order valence-corrected chi connectivity index (χ4v) is 4.53. The summed E-state index contributed by atoms with van der Waals surface area (Å²) < 4.78 is 0. The van der Waals surface area contributed by atoms with E-state index in [1.807, 2.05) is 42.5 Å². The number of nitrogens with one attached hydrogen (secondary N) is 1. The van der Waals surface area contributed by atoms with Gasteiger partial charge in [0.25, 0.3) is 5.91 Å². The summed E-state index contributed by atoms with van der Waals surface area (Å²) in [6.07, 6.45) is 4.12. The smallest absolute Gasteiger partial charge is 0.323 e. The fraction of sp³-hybridized carbons (Fsp3) is 0.348. The third kappa shape index (κ3) is 2.60. The van der Waals surface area contributed by atoms with E-state index in [1.54, 1.807) is 6.07 Å². The lowest BCUT2D eigenvalue weighted by Gasteiger charge is -2.26. The van der Waals surface area contributed by atoms with Crippen LogP contribution in [0, 0.1) is 23.2 Å². The first-order chi connectivity index (χ1) is 13.6. The van der Waals surface area contributed by atoms with Crippen LogP contribution < -0.4 is 5.32 Å². The molecule has 1 N–H and O–H groups in total. The molecule has 0 radical (unpaired) electrons. The number of amides is 3. The minimum atomic E-state index is -0.636. The Morgan fingerprint density at radius 3 is 2.25 bits per heavy atom. The Hall–Kier alpha value is -3.13. The topological polar surface area (TPSA) is 73.2 Å². The van der Waals surface area contributed by atoms with E-state index in [2.05, 4.69) is 11.4 Å². The van der Waals surface area contributed by atoms with Crippen molar-refractivity contribution in [2.45, 2.75) is 37.8 Å². The van der Waals surface area contributed by atoms with Crippen LogP contribution in [0.5, 0.6) is 0 Å². The quantitative estimate of drug-likeness (QED) is 0.812. The van der Waals surface area contributed by atoms with Crippen LogP contribution in [0.15, 0.2) is 48.5 Å². The van der Waals surface area contributed by atoms with Crippen molar-refractivity contribution in [1.29, 1.82) is 5.26 Å². The molecule has 0 atom stereocenters. The monoisotopic (exact) mass is 371 g/mol. The van der Waals surface area contributed by atoms with E-state index in [-0.39, 0.29) is 18.5 Å². The third-order valence-electron chi connectivity index (χ3n) is 6.25. The molecule has 2 aliphatic carbocycles. The summed E-state index contributed by atoms with van der Waals surface area (Å²) in [7, 11) is 0. The van der Waals surface area contributed by atoms with E-state index < -0.39 is 5.54 Å². The van der Waals surface area contributed by atoms with Crippen LogP contribution in [0.4, 0.5) is 4.79 Å². The van der Waals surface area contributed by atoms with Gasteiger partial charge in [0.2, 0.25) is 0 Å². The zero-order valence-corrected chi connectivity index (χ0v) is 15.5. The lowest BCUT2D eigenvalue weighted by Crippen LogP contribution is -2.51. The molecule has 0 spiro atoms. The van der Waals surface area contributed by atoms with Gasteiger partial charge in [-0.25, -0.2) is 4.79 Å². The molecule has 1 saturated heterocycles. The number of nitrogens with zero attached hydrogens (tertiary/aromatic N) is 2. The Morgan fingerprint density at radius 1 is 1.00 bits per heavy atom. The lowest BCUT2D eigenvalue weighted by atomic mass is 9.87. The van der Waals surface area contributed by atoms with Crippen LogP contribution in [-0.2, 0) is 11.3 Å². The van der Waals surface area contributed by atoms with E-state index in [1.165, 1.54) is 4.90 Å². The minimum Gasteiger partial charge on any atom is -0.323 e. The summed E-state index contributed by atoms with van der Waals surface area (Å²) in [4.78, 5) is 27.2. The second-order valence-corrected chi connectivity index (χ2v) is 8.09. The van der Waals surface area contributed by atoms with E-state index >= 15 is 0 Å². The van der Waals surface area contributed by atoms with Gasteiger partial charge in [-0.1, -0.05) is 42.5 Å². The normalized spacial score (nSPS) is 20.8. The maximum absolute atomic E-state index is 13.2. The van der Waals surface area contributed by atoms with Gasteiger partial charge >= 0.3 is 6.03 Å². The molecule has 28 heavy (non-hydrogen) atoms. The standard InChI is InChI=1S/C23H21N3O2/c24-13-17-3-1-2-4-20(17)16-7-5-15(6-8-16)14-26-21(27)23(18-9-10-18,19-11-12-19)25-22(26)28/h1-8,18-19H,9-12,14H2,(H,25,28). The van der Waals surface area contributed by atoms with E-state index in [9.17, 15) is 14.9 Å². The molecule has 2 aromatic rings. The van der Waals surface area contributed by atoms with Gasteiger partial charge in [0, 0.05) is 0 Å². The Kier molecular flexibility index (Phi) is 3.77. The van der Waals surface area contributed by atoms with Crippen LogP contribution in [0.25, 0.3) is 11.1 Å². The van der Waals surface area contributed by atoms with Crippen molar-refractivity contribution in [3.05, 3.63) is 59.7 Å². The van der Waals surface area contributed by atoms with E-state index in [0.717, 1.165) is 42.4 Å². The molecule has 0 unspecified atom stereocenters. The van der Waals surface area contributed by atoms with Crippen molar-refractivity contribution in [2.75, 3.05) is 0 Å². The van der Waals surface area contributed by atoms with Gasteiger partial charge < -0.3 is 5.32 Å². The minimum absolute atomic E-state index is 0.0404. The molecule has 5 rings (SSSR count). The molecule has 3 fully saturated rings. The Morgan fingerprint density at radius 2 is 1.64 bits per heavy atom. The molecule has 0 aromatic heterocycles. The van der Waals surface area contributed by atoms with Crippen LogP contribution in [0.3, 0.4) is 0 Å². The van der Waals surface area contributed by atoms with Gasteiger partial charge in [0.05, 0.1) is 18.2 Å². The molecular formula is C23H21N3O2. The van der Waals surface area contributed by atoms with E-state index in [4.69, 9.17) is 0 Å². The van der Waals surface area contributed by atoms with Crippen molar-refractivity contribution in [3.8, 4) is 17.2 Å². The number of hydrogen-bond acceptors (Lipinski definition) is 3. The molecule has 3 aliphatic rings. The first-order valence-corrected chi connectivity index (χ1v) is 9.86. The van der Waals surface area contributed by atoms with Crippen LogP contribution >= 0.6 is 0 Å². The predicted molar refractivity (Wildman–Crippen MR) is 104 cm³/mol. The molecule has 1 aliphatic heterocycles. The summed E-state index contributed by atoms with van der Waals surface area (Å²) >= 11 is 0. The van der Waals surface area contributed by atoms with Gasteiger partial charge in [-0.05, 0) is 60.3 Å². The number of hydrogen-bond donors (Lipinski definition) is 1. The number of urea groups is 1. The first kappa shape index (κ1) is 17.0. The van der Waals surface area contributed by atoms with Gasteiger partial charge in [-0.15, -0.1) is 0 Å². The molecular weight excluding hydrogens is 350 g/mol. The molecule has 3 amide bonds. The highest BCUT2D eigenvalue weighted by atomic mass is 16.2. The lowest BCUT2D eigenvalue weighted by molar-refractivity contribution is -0.133. The van der Waals surface area contributed by atoms with Crippen LogP contribution in [0.1, 0.15) is 36.8 Å². The predicted octanol–water partition coefficient (Wildman–Crippen LogP) is 3.84. The molecule has 2 saturated carbocycles. The third-order valence-corrected chi connectivity index (χ3v) is 6.25. The molecule has 5 nitrogen and oxygen atoms in total. The highest BCUT2D eigenvalue weighted by Gasteiger charge is 2.65. The molecule has 1 heterocycles. The summed E-state index contributed by atoms with van der Waals surface area (Å²) in [6.45, 7) is 0.284. The zero-order valence-electron chi connectivity index (χ0n) is 15.5. The van der Waals surface area contributed by atoms with Crippen molar-refractivity contribution in [1.82, 2.24) is 10.2 Å². The van der Waals surface area contributed by atoms with Gasteiger partial charge in [0.15, 0.2) is 0 Å². The van der Waals surface area contributed by atoms with Gasteiger partial charge in [0.1, 0.15) is 5.54 Å². The average molecular weight is 371 g/mol. The first-order valence-electron chi connectivity index (χ1n) is 9.86. The van der Waals surface area contributed by atoms with Crippen LogP contribution in [0.2, 0.25) is 0 Å².